The maximum atomic E-state index is 12.4. The molecule has 0 saturated carbocycles. The molecule has 7 heteroatoms. The molecule has 0 aliphatic heterocycles. The van der Waals surface area contributed by atoms with Gasteiger partial charge in [-0.15, -0.1) is 11.3 Å². The summed E-state index contributed by atoms with van der Waals surface area (Å²) in [5.41, 5.74) is -0.529. The van der Waals surface area contributed by atoms with Crippen LogP contribution in [0.5, 0.6) is 0 Å². The predicted octanol–water partition coefficient (Wildman–Crippen LogP) is 2.26. The summed E-state index contributed by atoms with van der Waals surface area (Å²) < 4.78 is 32.6. The summed E-state index contributed by atoms with van der Waals surface area (Å²) in [6.07, 6.45) is 0. The van der Waals surface area contributed by atoms with Crippen molar-refractivity contribution in [2.75, 3.05) is 13.7 Å². The van der Waals surface area contributed by atoms with Crippen LogP contribution in [0.1, 0.15) is 37.4 Å². The van der Waals surface area contributed by atoms with Crippen LogP contribution < -0.4 is 10.0 Å². The molecular weight excluding hydrogens is 308 g/mol. The highest BCUT2D eigenvalue weighted by molar-refractivity contribution is 7.89. The molecule has 1 heterocycles. The second-order valence-electron chi connectivity index (χ2n) is 5.96. The number of thiophene rings is 1. The molecule has 0 spiro atoms. The van der Waals surface area contributed by atoms with E-state index in [4.69, 9.17) is 4.74 Å². The molecule has 0 bridgehead atoms. The lowest BCUT2D eigenvalue weighted by molar-refractivity contribution is 0.0276. The fraction of sp³-hybridized carbons (Fsp3) is 0.714. The van der Waals surface area contributed by atoms with E-state index in [2.05, 4.69) is 23.9 Å². The fourth-order valence-electron chi connectivity index (χ4n) is 1.60. The predicted molar refractivity (Wildman–Crippen MR) is 87.3 cm³/mol. The van der Waals surface area contributed by atoms with Crippen LogP contribution in [0.3, 0.4) is 0 Å². The van der Waals surface area contributed by atoms with Crippen molar-refractivity contribution < 1.29 is 13.2 Å². The molecule has 1 rings (SSSR count). The SMILES string of the molecule is COC(C)(C)CNS(=O)(=O)c1cc(CNC(C)C)sc1C. The Bertz CT molecular complexity index is 563. The minimum Gasteiger partial charge on any atom is -0.377 e. The van der Waals surface area contributed by atoms with Gasteiger partial charge < -0.3 is 10.1 Å². The van der Waals surface area contributed by atoms with Crippen LogP contribution in [0, 0.1) is 6.92 Å². The molecule has 0 aliphatic rings. The maximum Gasteiger partial charge on any atom is 0.241 e. The molecular formula is C14H26N2O3S2. The van der Waals surface area contributed by atoms with Gasteiger partial charge in [-0.1, -0.05) is 13.8 Å². The van der Waals surface area contributed by atoms with Gasteiger partial charge in [-0.25, -0.2) is 13.1 Å². The molecule has 0 aliphatic carbocycles. The van der Waals surface area contributed by atoms with Gasteiger partial charge in [0.1, 0.15) is 0 Å². The summed E-state index contributed by atoms with van der Waals surface area (Å²) in [6, 6.07) is 2.12. The summed E-state index contributed by atoms with van der Waals surface area (Å²) in [6.45, 7) is 10.6. The second kappa shape index (κ2) is 7.19. The lowest BCUT2D eigenvalue weighted by Crippen LogP contribution is -2.39. The van der Waals surface area contributed by atoms with Gasteiger partial charge in [0.25, 0.3) is 0 Å². The minimum atomic E-state index is -3.50. The Kier molecular flexibility index (Phi) is 6.36. The second-order valence-corrected chi connectivity index (χ2v) is 9.03. The Labute approximate surface area is 132 Å². The molecule has 21 heavy (non-hydrogen) atoms. The number of methoxy groups -OCH3 is 1. The minimum absolute atomic E-state index is 0.237. The van der Waals surface area contributed by atoms with Crippen molar-refractivity contribution in [2.45, 2.75) is 57.7 Å². The van der Waals surface area contributed by atoms with E-state index in [9.17, 15) is 8.42 Å². The number of aryl methyl sites for hydroxylation is 1. The van der Waals surface area contributed by atoms with Crippen LogP contribution >= 0.6 is 11.3 Å². The standard InChI is InChI=1S/C14H26N2O3S2/c1-10(2)15-8-12-7-13(11(3)20-12)21(17,18)16-9-14(4,5)19-6/h7,10,15-16H,8-9H2,1-6H3. The summed E-state index contributed by atoms with van der Waals surface area (Å²) >= 11 is 1.51. The van der Waals surface area contributed by atoms with E-state index in [-0.39, 0.29) is 6.54 Å². The van der Waals surface area contributed by atoms with Gasteiger partial charge in [0.2, 0.25) is 10.0 Å². The number of nitrogens with one attached hydrogen (secondary N) is 2. The van der Waals surface area contributed by atoms with E-state index < -0.39 is 15.6 Å². The van der Waals surface area contributed by atoms with Crippen molar-refractivity contribution in [1.82, 2.24) is 10.0 Å². The highest BCUT2D eigenvalue weighted by Crippen LogP contribution is 2.26. The third-order valence-corrected chi connectivity index (χ3v) is 5.84. The largest absolute Gasteiger partial charge is 0.377 e. The zero-order valence-electron chi connectivity index (χ0n) is 13.6. The Morgan fingerprint density at radius 3 is 2.52 bits per heavy atom. The first-order chi connectivity index (χ1) is 9.57. The number of hydrogen-bond acceptors (Lipinski definition) is 5. The van der Waals surface area contributed by atoms with E-state index in [0.29, 0.717) is 17.5 Å². The first kappa shape index (κ1) is 18.6. The van der Waals surface area contributed by atoms with Crippen molar-refractivity contribution >= 4 is 21.4 Å². The number of ether oxygens (including phenoxy) is 1. The molecule has 1 aromatic rings. The van der Waals surface area contributed by atoms with Crippen LogP contribution in [0.4, 0.5) is 0 Å². The van der Waals surface area contributed by atoms with Crippen LogP contribution in [-0.4, -0.2) is 33.7 Å². The Balaban J connectivity index is 2.84. The monoisotopic (exact) mass is 334 g/mol. The third-order valence-electron chi connectivity index (χ3n) is 3.14. The molecule has 0 amide bonds. The van der Waals surface area contributed by atoms with Crippen molar-refractivity contribution in [2.24, 2.45) is 0 Å². The Morgan fingerprint density at radius 1 is 1.38 bits per heavy atom. The zero-order valence-corrected chi connectivity index (χ0v) is 15.2. The number of hydrogen-bond donors (Lipinski definition) is 2. The molecule has 0 radical (unpaired) electrons. The average Bonchev–Trinajstić information content (AvgIpc) is 2.76. The molecule has 2 N–H and O–H groups in total. The van der Waals surface area contributed by atoms with Crippen molar-refractivity contribution in [3.63, 3.8) is 0 Å². The summed E-state index contributed by atoms with van der Waals surface area (Å²) in [5.74, 6) is 0. The zero-order chi connectivity index (χ0) is 16.3. The van der Waals surface area contributed by atoms with Crippen molar-refractivity contribution in [3.8, 4) is 0 Å². The smallest absolute Gasteiger partial charge is 0.241 e. The van der Waals surface area contributed by atoms with Gasteiger partial charge in [0, 0.05) is 36.0 Å². The summed E-state index contributed by atoms with van der Waals surface area (Å²) in [5, 5.41) is 3.29. The number of rotatable bonds is 8. The van der Waals surface area contributed by atoms with Crippen LogP contribution in [0.2, 0.25) is 0 Å². The average molecular weight is 335 g/mol. The normalized spacial score (nSPS) is 13.1. The van der Waals surface area contributed by atoms with E-state index in [1.807, 2.05) is 20.8 Å². The van der Waals surface area contributed by atoms with Gasteiger partial charge in [0.15, 0.2) is 0 Å². The third kappa shape index (κ3) is 5.67. The molecule has 0 atom stereocenters. The van der Waals surface area contributed by atoms with Gasteiger partial charge in [-0.2, -0.15) is 0 Å². The fourth-order valence-corrected chi connectivity index (χ4v) is 4.38. The lowest BCUT2D eigenvalue weighted by atomic mass is 10.1. The van der Waals surface area contributed by atoms with E-state index in [1.165, 1.54) is 11.3 Å². The maximum absolute atomic E-state index is 12.4. The Hall–Kier alpha value is -0.470. The molecule has 0 saturated heterocycles. The highest BCUT2D eigenvalue weighted by atomic mass is 32.2. The quantitative estimate of drug-likeness (QED) is 0.765. The summed E-state index contributed by atoms with van der Waals surface area (Å²) in [4.78, 5) is 2.19. The van der Waals surface area contributed by atoms with Crippen LogP contribution in [0.15, 0.2) is 11.0 Å². The molecule has 0 fully saturated rings. The molecule has 5 nitrogen and oxygen atoms in total. The lowest BCUT2D eigenvalue weighted by Gasteiger charge is -2.22. The van der Waals surface area contributed by atoms with Crippen LogP contribution in [-0.2, 0) is 21.3 Å². The first-order valence-corrected chi connectivity index (χ1v) is 9.25. The highest BCUT2D eigenvalue weighted by Gasteiger charge is 2.24. The van der Waals surface area contributed by atoms with E-state index >= 15 is 0 Å². The number of sulfonamides is 1. The van der Waals surface area contributed by atoms with Gasteiger partial charge in [-0.3, -0.25) is 0 Å². The molecule has 0 unspecified atom stereocenters. The topological polar surface area (TPSA) is 67.4 Å². The molecule has 1 aromatic heterocycles. The van der Waals surface area contributed by atoms with E-state index in [0.717, 1.165) is 9.75 Å². The first-order valence-electron chi connectivity index (χ1n) is 6.95. The molecule has 122 valence electrons. The Morgan fingerprint density at radius 2 is 2.00 bits per heavy atom. The van der Waals surface area contributed by atoms with Gasteiger partial charge >= 0.3 is 0 Å². The van der Waals surface area contributed by atoms with Gasteiger partial charge in [0.05, 0.1) is 10.5 Å². The van der Waals surface area contributed by atoms with Crippen LogP contribution in [0.25, 0.3) is 0 Å². The van der Waals surface area contributed by atoms with E-state index in [1.54, 1.807) is 13.2 Å². The summed E-state index contributed by atoms with van der Waals surface area (Å²) in [7, 11) is -1.93. The van der Waals surface area contributed by atoms with Crippen molar-refractivity contribution in [3.05, 3.63) is 15.8 Å². The molecule has 0 aromatic carbocycles. The van der Waals surface area contributed by atoms with Crippen molar-refractivity contribution in [1.29, 1.82) is 0 Å². The van der Waals surface area contributed by atoms with Gasteiger partial charge in [-0.05, 0) is 26.8 Å².